The molecular formula is C13H27N3O3. The molecule has 0 N–H and O–H groups in total. The predicted octanol–water partition coefficient (Wildman–Crippen LogP) is 1.86. The van der Waals surface area contributed by atoms with Gasteiger partial charge in [0, 0.05) is 20.1 Å². The van der Waals surface area contributed by atoms with E-state index in [-0.39, 0.29) is 12.6 Å². The lowest BCUT2D eigenvalue weighted by Gasteiger charge is -2.25. The predicted molar refractivity (Wildman–Crippen MR) is 75.2 cm³/mol. The number of carbonyl (C=O) groups excluding carboxylic acids is 2. The average molecular weight is 273 g/mol. The largest absolute Gasteiger partial charge is 0.449 e. The van der Waals surface area contributed by atoms with Crippen LogP contribution < -0.4 is 0 Å². The van der Waals surface area contributed by atoms with Crippen molar-refractivity contribution < 1.29 is 14.3 Å². The standard InChI is InChI=1S/C13H27N3O3/c1-6-14(4)10-9-11-15(5)12(17)16(7-2)13(18)19-8-3/h6-11H2,1-5H3. The molecule has 0 saturated heterocycles. The highest BCUT2D eigenvalue weighted by atomic mass is 16.6. The second-order valence-corrected chi connectivity index (χ2v) is 4.40. The van der Waals surface area contributed by atoms with Crippen LogP contribution in [0.25, 0.3) is 0 Å². The Labute approximate surface area is 116 Å². The lowest BCUT2D eigenvalue weighted by Crippen LogP contribution is -2.45. The molecule has 0 rings (SSSR count). The summed E-state index contributed by atoms with van der Waals surface area (Å²) in [5, 5.41) is 0. The SMILES string of the molecule is CCOC(=O)N(CC)C(=O)N(C)CCCN(C)CC. The van der Waals surface area contributed by atoms with E-state index in [0.29, 0.717) is 13.1 Å². The monoisotopic (exact) mass is 273 g/mol. The summed E-state index contributed by atoms with van der Waals surface area (Å²) in [5.41, 5.74) is 0. The molecule has 0 aliphatic heterocycles. The van der Waals surface area contributed by atoms with Crippen molar-refractivity contribution >= 4 is 12.1 Å². The maximum atomic E-state index is 12.1. The Balaban J connectivity index is 4.24. The summed E-state index contributed by atoms with van der Waals surface area (Å²) in [7, 11) is 3.74. The molecule has 19 heavy (non-hydrogen) atoms. The van der Waals surface area contributed by atoms with E-state index < -0.39 is 6.09 Å². The van der Waals surface area contributed by atoms with Gasteiger partial charge in [0.2, 0.25) is 0 Å². The average Bonchev–Trinajstić information content (AvgIpc) is 2.39. The molecule has 0 spiro atoms. The van der Waals surface area contributed by atoms with E-state index in [4.69, 9.17) is 4.74 Å². The van der Waals surface area contributed by atoms with E-state index in [2.05, 4.69) is 11.8 Å². The van der Waals surface area contributed by atoms with E-state index in [9.17, 15) is 9.59 Å². The molecule has 3 amide bonds. The quantitative estimate of drug-likeness (QED) is 0.710. The number of rotatable bonds is 7. The number of imide groups is 1. The summed E-state index contributed by atoms with van der Waals surface area (Å²) in [5.74, 6) is 0. The third-order valence-electron chi connectivity index (χ3n) is 2.94. The van der Waals surface area contributed by atoms with Gasteiger partial charge < -0.3 is 14.5 Å². The maximum Gasteiger partial charge on any atom is 0.417 e. The van der Waals surface area contributed by atoms with Gasteiger partial charge in [-0.05, 0) is 40.4 Å². The first kappa shape index (κ1) is 17.7. The molecule has 0 bridgehead atoms. The normalized spacial score (nSPS) is 10.4. The summed E-state index contributed by atoms with van der Waals surface area (Å²) in [6, 6.07) is -0.305. The van der Waals surface area contributed by atoms with Crippen molar-refractivity contribution in [2.75, 3.05) is 46.9 Å². The molecule has 0 aromatic carbocycles. The fourth-order valence-electron chi connectivity index (χ4n) is 1.58. The van der Waals surface area contributed by atoms with Crippen molar-refractivity contribution in [2.45, 2.75) is 27.2 Å². The molecule has 0 aliphatic carbocycles. The number of hydrogen-bond acceptors (Lipinski definition) is 4. The van der Waals surface area contributed by atoms with Crippen molar-refractivity contribution in [3.8, 4) is 0 Å². The van der Waals surface area contributed by atoms with Crippen LogP contribution in [-0.2, 0) is 4.74 Å². The number of nitrogens with zero attached hydrogens (tertiary/aromatic N) is 3. The van der Waals surface area contributed by atoms with Gasteiger partial charge in [0.1, 0.15) is 0 Å². The Kier molecular flexibility index (Phi) is 8.95. The van der Waals surface area contributed by atoms with E-state index in [1.54, 1.807) is 25.8 Å². The first-order chi connectivity index (χ1) is 8.97. The van der Waals surface area contributed by atoms with Gasteiger partial charge in [-0.15, -0.1) is 0 Å². The molecule has 0 aliphatic rings. The van der Waals surface area contributed by atoms with Crippen LogP contribution in [-0.4, -0.2) is 73.7 Å². The molecule has 0 aromatic heterocycles. The van der Waals surface area contributed by atoms with Gasteiger partial charge in [-0.25, -0.2) is 14.5 Å². The van der Waals surface area contributed by atoms with Crippen LogP contribution in [0, 0.1) is 0 Å². The van der Waals surface area contributed by atoms with Crippen LogP contribution in [0.2, 0.25) is 0 Å². The van der Waals surface area contributed by atoms with Gasteiger partial charge in [0.15, 0.2) is 0 Å². The van der Waals surface area contributed by atoms with Gasteiger partial charge in [0.25, 0.3) is 0 Å². The second-order valence-electron chi connectivity index (χ2n) is 4.40. The molecule has 0 unspecified atom stereocenters. The molecule has 0 atom stereocenters. The maximum absolute atomic E-state index is 12.1. The topological polar surface area (TPSA) is 53.1 Å². The van der Waals surface area contributed by atoms with Gasteiger partial charge in [-0.3, -0.25) is 0 Å². The van der Waals surface area contributed by atoms with Crippen molar-refractivity contribution in [1.29, 1.82) is 0 Å². The van der Waals surface area contributed by atoms with Crippen LogP contribution >= 0.6 is 0 Å². The van der Waals surface area contributed by atoms with E-state index in [1.807, 2.05) is 7.05 Å². The zero-order valence-electron chi connectivity index (χ0n) is 12.8. The second kappa shape index (κ2) is 9.61. The zero-order chi connectivity index (χ0) is 14.8. The summed E-state index contributed by atoms with van der Waals surface area (Å²) in [6.07, 6.45) is 0.306. The van der Waals surface area contributed by atoms with Gasteiger partial charge in [-0.1, -0.05) is 6.92 Å². The van der Waals surface area contributed by atoms with E-state index >= 15 is 0 Å². The van der Waals surface area contributed by atoms with Gasteiger partial charge in [0.05, 0.1) is 6.61 Å². The fourth-order valence-corrected chi connectivity index (χ4v) is 1.58. The number of urea groups is 1. The molecule has 0 aromatic rings. The number of amides is 3. The van der Waals surface area contributed by atoms with Crippen LogP contribution in [0.1, 0.15) is 27.2 Å². The minimum Gasteiger partial charge on any atom is -0.449 e. The van der Waals surface area contributed by atoms with Crippen LogP contribution in [0.3, 0.4) is 0 Å². The molecule has 0 heterocycles. The summed E-state index contributed by atoms with van der Waals surface area (Å²) in [4.78, 5) is 28.5. The first-order valence-electron chi connectivity index (χ1n) is 6.85. The molecule has 0 saturated carbocycles. The van der Waals surface area contributed by atoms with Crippen molar-refractivity contribution in [3.63, 3.8) is 0 Å². The third kappa shape index (κ3) is 6.42. The fraction of sp³-hybridized carbons (Fsp3) is 0.846. The highest BCUT2D eigenvalue weighted by molar-refractivity contribution is 5.90. The highest BCUT2D eigenvalue weighted by Gasteiger charge is 2.23. The Morgan fingerprint density at radius 2 is 1.63 bits per heavy atom. The number of carbonyl (C=O) groups is 2. The smallest absolute Gasteiger partial charge is 0.417 e. The zero-order valence-corrected chi connectivity index (χ0v) is 12.8. The van der Waals surface area contributed by atoms with E-state index in [0.717, 1.165) is 24.4 Å². The molecule has 6 heteroatoms. The Morgan fingerprint density at radius 3 is 2.11 bits per heavy atom. The van der Waals surface area contributed by atoms with Crippen LogP contribution in [0.4, 0.5) is 9.59 Å². The van der Waals surface area contributed by atoms with Crippen LogP contribution in [0.15, 0.2) is 0 Å². The molecule has 6 nitrogen and oxygen atoms in total. The Bertz CT molecular complexity index is 284. The van der Waals surface area contributed by atoms with Crippen LogP contribution in [0.5, 0.6) is 0 Å². The van der Waals surface area contributed by atoms with Gasteiger partial charge in [-0.2, -0.15) is 0 Å². The van der Waals surface area contributed by atoms with Crippen molar-refractivity contribution in [1.82, 2.24) is 14.7 Å². The molecular weight excluding hydrogens is 246 g/mol. The number of hydrogen-bond donors (Lipinski definition) is 0. The Morgan fingerprint density at radius 1 is 1.00 bits per heavy atom. The first-order valence-corrected chi connectivity index (χ1v) is 6.85. The summed E-state index contributed by atoms with van der Waals surface area (Å²) in [6.45, 7) is 8.70. The molecule has 0 radical (unpaired) electrons. The lowest BCUT2D eigenvalue weighted by molar-refractivity contribution is 0.106. The minimum atomic E-state index is -0.576. The molecule has 112 valence electrons. The van der Waals surface area contributed by atoms with E-state index in [1.165, 1.54) is 0 Å². The van der Waals surface area contributed by atoms with Crippen molar-refractivity contribution in [3.05, 3.63) is 0 Å². The molecule has 0 fully saturated rings. The number of ether oxygens (including phenoxy) is 1. The van der Waals surface area contributed by atoms with Gasteiger partial charge >= 0.3 is 12.1 Å². The summed E-state index contributed by atoms with van der Waals surface area (Å²) < 4.78 is 4.86. The van der Waals surface area contributed by atoms with Crippen molar-refractivity contribution in [2.24, 2.45) is 0 Å². The lowest BCUT2D eigenvalue weighted by atomic mass is 10.3. The highest BCUT2D eigenvalue weighted by Crippen LogP contribution is 2.02. The Hall–Kier alpha value is -1.30. The third-order valence-corrected chi connectivity index (χ3v) is 2.94. The minimum absolute atomic E-state index is 0.271. The summed E-state index contributed by atoms with van der Waals surface area (Å²) >= 11 is 0.